The van der Waals surface area contributed by atoms with Gasteiger partial charge in [0.25, 0.3) is 11.8 Å². The topological polar surface area (TPSA) is 76.7 Å². The zero-order valence-electron chi connectivity index (χ0n) is 15.4. The van der Waals surface area contributed by atoms with Crippen molar-refractivity contribution in [3.05, 3.63) is 72.3 Å². The van der Waals surface area contributed by atoms with Crippen LogP contribution in [0.4, 0.5) is 5.69 Å². The summed E-state index contributed by atoms with van der Waals surface area (Å²) in [4.78, 5) is 24.8. The van der Waals surface area contributed by atoms with Crippen LogP contribution < -0.4 is 15.4 Å². The molecule has 0 spiro atoms. The molecule has 2 N–H and O–H groups in total. The van der Waals surface area contributed by atoms with Crippen molar-refractivity contribution >= 4 is 17.5 Å². The molecular formula is C21H24N2O4. The maximum Gasteiger partial charge on any atom is 0.255 e. The van der Waals surface area contributed by atoms with E-state index in [0.29, 0.717) is 48.9 Å². The van der Waals surface area contributed by atoms with Crippen LogP contribution in [0.2, 0.25) is 0 Å². The maximum absolute atomic E-state index is 12.6. The number of amides is 2. The van der Waals surface area contributed by atoms with Crippen molar-refractivity contribution in [1.29, 1.82) is 0 Å². The fraction of sp³-hybridized carbons (Fsp3) is 0.238. The van der Waals surface area contributed by atoms with Gasteiger partial charge in [0, 0.05) is 18.7 Å². The van der Waals surface area contributed by atoms with E-state index in [1.54, 1.807) is 54.6 Å². The van der Waals surface area contributed by atoms with E-state index < -0.39 is 0 Å². The van der Waals surface area contributed by atoms with E-state index in [2.05, 4.69) is 17.2 Å². The van der Waals surface area contributed by atoms with Gasteiger partial charge in [0.05, 0.1) is 17.9 Å². The minimum Gasteiger partial charge on any atom is -0.491 e. The van der Waals surface area contributed by atoms with Gasteiger partial charge in [-0.3, -0.25) is 9.59 Å². The normalized spacial score (nSPS) is 10.1. The molecule has 142 valence electrons. The lowest BCUT2D eigenvalue weighted by molar-refractivity contribution is 0.0959. The monoisotopic (exact) mass is 368 g/mol. The average Bonchev–Trinajstić information content (AvgIpc) is 2.70. The van der Waals surface area contributed by atoms with Gasteiger partial charge in [-0.05, 0) is 37.3 Å². The van der Waals surface area contributed by atoms with Crippen LogP contribution in [0.3, 0.4) is 0 Å². The van der Waals surface area contributed by atoms with Crippen molar-refractivity contribution in [3.8, 4) is 5.75 Å². The predicted molar refractivity (Wildman–Crippen MR) is 105 cm³/mol. The summed E-state index contributed by atoms with van der Waals surface area (Å²) in [7, 11) is 0. The Morgan fingerprint density at radius 3 is 2.67 bits per heavy atom. The largest absolute Gasteiger partial charge is 0.491 e. The molecule has 2 aromatic carbocycles. The van der Waals surface area contributed by atoms with Crippen LogP contribution in [0.5, 0.6) is 5.75 Å². The molecule has 6 heteroatoms. The molecule has 0 heterocycles. The van der Waals surface area contributed by atoms with E-state index in [9.17, 15) is 9.59 Å². The molecule has 0 aliphatic carbocycles. The molecule has 0 aromatic heterocycles. The number of rotatable bonds is 10. The number of ether oxygens (including phenoxy) is 2. The highest BCUT2D eigenvalue weighted by molar-refractivity contribution is 6.09. The lowest BCUT2D eigenvalue weighted by atomic mass is 10.1. The average molecular weight is 368 g/mol. The highest BCUT2D eigenvalue weighted by atomic mass is 16.5. The Morgan fingerprint density at radius 2 is 1.89 bits per heavy atom. The van der Waals surface area contributed by atoms with Gasteiger partial charge >= 0.3 is 0 Å². The molecule has 2 aromatic rings. The highest BCUT2D eigenvalue weighted by Crippen LogP contribution is 2.18. The molecule has 0 unspecified atom stereocenters. The van der Waals surface area contributed by atoms with E-state index in [-0.39, 0.29) is 11.8 Å². The van der Waals surface area contributed by atoms with Gasteiger partial charge in [-0.2, -0.15) is 0 Å². The standard InChI is InChI=1S/C21H24N2O4/c1-3-12-22-21(25)18-10-5-6-11-19(18)23-20(24)16-8-7-9-17(15-16)27-14-13-26-4-2/h3,5-11,15H,1,4,12-14H2,2H3,(H,22,25)(H,23,24). The third-order valence-corrected chi connectivity index (χ3v) is 3.62. The number of benzene rings is 2. The van der Waals surface area contributed by atoms with Crippen LogP contribution >= 0.6 is 0 Å². The van der Waals surface area contributed by atoms with E-state index in [0.717, 1.165) is 0 Å². The Balaban J connectivity index is 2.07. The first-order valence-corrected chi connectivity index (χ1v) is 8.75. The summed E-state index contributed by atoms with van der Waals surface area (Å²) in [6.07, 6.45) is 1.59. The van der Waals surface area contributed by atoms with Crippen LogP contribution in [-0.4, -0.2) is 38.2 Å². The molecule has 0 fully saturated rings. The molecule has 27 heavy (non-hydrogen) atoms. The number of nitrogens with one attached hydrogen (secondary N) is 2. The molecular weight excluding hydrogens is 344 g/mol. The first-order valence-electron chi connectivity index (χ1n) is 8.75. The van der Waals surface area contributed by atoms with Gasteiger partial charge < -0.3 is 20.1 Å². The Morgan fingerprint density at radius 1 is 1.07 bits per heavy atom. The molecule has 6 nitrogen and oxygen atoms in total. The lowest BCUT2D eigenvalue weighted by Gasteiger charge is -2.12. The molecule has 0 saturated heterocycles. The third kappa shape index (κ3) is 6.27. The van der Waals surface area contributed by atoms with Gasteiger partial charge in [-0.1, -0.05) is 24.3 Å². The number of carbonyl (C=O) groups excluding carboxylic acids is 2. The molecule has 0 radical (unpaired) electrons. The number of hydrogen-bond acceptors (Lipinski definition) is 4. The van der Waals surface area contributed by atoms with Crippen LogP contribution in [0, 0.1) is 0 Å². The van der Waals surface area contributed by atoms with E-state index in [4.69, 9.17) is 9.47 Å². The molecule has 2 rings (SSSR count). The van der Waals surface area contributed by atoms with Crippen molar-refractivity contribution in [2.45, 2.75) is 6.92 Å². The minimum atomic E-state index is -0.325. The van der Waals surface area contributed by atoms with Crippen molar-refractivity contribution < 1.29 is 19.1 Å². The minimum absolute atomic E-state index is 0.279. The van der Waals surface area contributed by atoms with Gasteiger partial charge in [-0.15, -0.1) is 6.58 Å². The lowest BCUT2D eigenvalue weighted by Crippen LogP contribution is -2.25. The van der Waals surface area contributed by atoms with E-state index in [1.807, 2.05) is 6.92 Å². The fourth-order valence-corrected chi connectivity index (χ4v) is 2.33. The third-order valence-electron chi connectivity index (χ3n) is 3.62. The fourth-order valence-electron chi connectivity index (χ4n) is 2.33. The van der Waals surface area contributed by atoms with E-state index >= 15 is 0 Å². The summed E-state index contributed by atoms with van der Waals surface area (Å²) in [5.41, 5.74) is 1.26. The summed E-state index contributed by atoms with van der Waals surface area (Å²) in [6, 6.07) is 13.7. The van der Waals surface area contributed by atoms with Gasteiger partial charge in [0.1, 0.15) is 12.4 Å². The first-order chi connectivity index (χ1) is 13.2. The zero-order valence-corrected chi connectivity index (χ0v) is 15.4. The van der Waals surface area contributed by atoms with E-state index in [1.165, 1.54) is 0 Å². The quantitative estimate of drug-likeness (QED) is 0.498. The molecule has 0 bridgehead atoms. The number of anilines is 1. The molecule has 0 aliphatic rings. The number of hydrogen-bond donors (Lipinski definition) is 2. The smallest absolute Gasteiger partial charge is 0.255 e. The first kappa shape index (κ1) is 20.2. The van der Waals surface area contributed by atoms with Crippen molar-refractivity contribution in [2.24, 2.45) is 0 Å². The summed E-state index contributed by atoms with van der Waals surface area (Å²) >= 11 is 0. The van der Waals surface area contributed by atoms with Crippen molar-refractivity contribution in [1.82, 2.24) is 5.32 Å². The summed E-state index contributed by atoms with van der Waals surface area (Å²) in [5, 5.41) is 5.49. The SMILES string of the molecule is C=CCNC(=O)c1ccccc1NC(=O)c1cccc(OCCOCC)c1. The van der Waals surface area contributed by atoms with Crippen molar-refractivity contribution in [3.63, 3.8) is 0 Å². The number of carbonyl (C=O) groups is 2. The highest BCUT2D eigenvalue weighted by Gasteiger charge is 2.14. The Labute approximate surface area is 159 Å². The molecule has 2 amide bonds. The Kier molecular flexibility index (Phi) is 8.06. The Hall–Kier alpha value is -3.12. The van der Waals surface area contributed by atoms with Gasteiger partial charge in [0.2, 0.25) is 0 Å². The second-order valence-electron chi connectivity index (χ2n) is 5.57. The summed E-state index contributed by atoms with van der Waals surface area (Å²) < 4.78 is 10.8. The summed E-state index contributed by atoms with van der Waals surface area (Å²) in [6.45, 7) is 7.36. The molecule has 0 aliphatic heterocycles. The van der Waals surface area contributed by atoms with Crippen LogP contribution in [-0.2, 0) is 4.74 Å². The van der Waals surface area contributed by atoms with Crippen LogP contribution in [0.25, 0.3) is 0 Å². The van der Waals surface area contributed by atoms with Crippen molar-refractivity contribution in [2.75, 3.05) is 31.7 Å². The van der Waals surface area contributed by atoms with Crippen LogP contribution in [0.15, 0.2) is 61.2 Å². The predicted octanol–water partition coefficient (Wildman–Crippen LogP) is 3.27. The zero-order chi connectivity index (χ0) is 19.5. The molecule has 0 saturated carbocycles. The second-order valence-corrected chi connectivity index (χ2v) is 5.57. The Bertz CT molecular complexity index is 789. The maximum atomic E-state index is 12.6. The number of para-hydroxylation sites is 1. The van der Waals surface area contributed by atoms with Gasteiger partial charge in [-0.25, -0.2) is 0 Å². The van der Waals surface area contributed by atoms with Gasteiger partial charge in [0.15, 0.2) is 0 Å². The molecule has 0 atom stereocenters. The second kappa shape index (κ2) is 10.8. The summed E-state index contributed by atoms with van der Waals surface area (Å²) in [5.74, 6) is -0.0209. The van der Waals surface area contributed by atoms with Crippen LogP contribution in [0.1, 0.15) is 27.6 Å².